The minimum absolute atomic E-state index is 0.00281. The third kappa shape index (κ3) is 5.61. The molecule has 4 rings (SSSR count). The fourth-order valence-electron chi connectivity index (χ4n) is 3.25. The van der Waals surface area contributed by atoms with Crippen molar-refractivity contribution in [2.75, 3.05) is 6.54 Å². The molecule has 180 valence electrons. The summed E-state index contributed by atoms with van der Waals surface area (Å²) in [4.78, 5) is 36.9. The molecule has 35 heavy (non-hydrogen) atoms. The largest absolute Gasteiger partial charge is 0.351 e. The smallest absolute Gasteiger partial charge is 0.273 e. The summed E-state index contributed by atoms with van der Waals surface area (Å²) in [5, 5.41) is 3.82. The number of nitrogens with zero attached hydrogens (tertiary/aromatic N) is 1. The first-order valence-electron chi connectivity index (χ1n) is 10.5. The molecule has 0 aliphatic carbocycles. The second-order valence-electron chi connectivity index (χ2n) is 7.78. The average Bonchev–Trinajstić information content (AvgIpc) is 3.27. The van der Waals surface area contributed by atoms with Crippen LogP contribution in [0.4, 0.5) is 0 Å². The molecule has 11 heteroatoms. The zero-order valence-electron chi connectivity index (χ0n) is 18.4. The lowest BCUT2D eigenvalue weighted by Crippen LogP contribution is -2.39. The van der Waals surface area contributed by atoms with E-state index in [1.54, 1.807) is 60.8 Å². The topological polar surface area (TPSA) is 114 Å². The summed E-state index contributed by atoms with van der Waals surface area (Å²) in [7, 11) is -4.07. The predicted molar refractivity (Wildman–Crippen MR) is 136 cm³/mol. The molecule has 2 heterocycles. The van der Waals surface area contributed by atoms with Gasteiger partial charge in [0.2, 0.25) is 5.91 Å². The summed E-state index contributed by atoms with van der Waals surface area (Å²) in [5.74, 6) is -1.97. The lowest BCUT2D eigenvalue weighted by molar-refractivity contribution is -0.122. The molecule has 0 radical (unpaired) electrons. The van der Waals surface area contributed by atoms with E-state index in [0.717, 1.165) is 11.3 Å². The molecule has 0 saturated heterocycles. The van der Waals surface area contributed by atoms with Crippen molar-refractivity contribution in [1.82, 2.24) is 14.6 Å². The van der Waals surface area contributed by atoms with E-state index in [4.69, 9.17) is 11.6 Å². The van der Waals surface area contributed by atoms with Crippen LogP contribution in [0.1, 0.15) is 17.3 Å². The Morgan fingerprint density at radius 2 is 1.80 bits per heavy atom. The van der Waals surface area contributed by atoms with E-state index >= 15 is 0 Å². The summed E-state index contributed by atoms with van der Waals surface area (Å²) in [6.45, 7) is 1.45. The molecule has 4 aromatic rings. The van der Waals surface area contributed by atoms with Crippen LogP contribution < -0.4 is 15.6 Å². The van der Waals surface area contributed by atoms with Crippen molar-refractivity contribution in [2.24, 2.45) is 5.92 Å². The molecular formula is C24H20ClN3O5S2. The van der Waals surface area contributed by atoms with Crippen molar-refractivity contribution in [2.45, 2.75) is 11.1 Å². The average molecular weight is 530 g/mol. The van der Waals surface area contributed by atoms with Gasteiger partial charge in [-0.25, -0.2) is 13.1 Å². The summed E-state index contributed by atoms with van der Waals surface area (Å²) in [6.07, 6.45) is 1.62. The Hall–Kier alpha value is -3.47. The van der Waals surface area contributed by atoms with Gasteiger partial charge in [-0.1, -0.05) is 30.7 Å². The zero-order valence-corrected chi connectivity index (χ0v) is 20.8. The number of hydrogen-bond donors (Lipinski definition) is 2. The zero-order chi connectivity index (χ0) is 25.2. The third-order valence-electron chi connectivity index (χ3n) is 5.21. The lowest BCUT2D eigenvalue weighted by Gasteiger charge is -2.13. The van der Waals surface area contributed by atoms with Crippen molar-refractivity contribution >= 4 is 54.9 Å². The van der Waals surface area contributed by atoms with Crippen LogP contribution in [0.2, 0.25) is 5.02 Å². The number of benzene rings is 2. The molecule has 8 nitrogen and oxygen atoms in total. The SMILES string of the molecule is CC(CNC(=O)c1ccc(-n2ccccc2=O)cc1)C(=O)NS(=O)(=O)c1cc2ccc(Cl)cc2s1. The van der Waals surface area contributed by atoms with E-state index in [1.807, 2.05) is 0 Å². The number of carbonyl (C=O) groups is 2. The van der Waals surface area contributed by atoms with E-state index < -0.39 is 27.8 Å². The van der Waals surface area contributed by atoms with Gasteiger partial charge in [-0.05, 0) is 53.9 Å². The van der Waals surface area contributed by atoms with Crippen LogP contribution >= 0.6 is 22.9 Å². The fraction of sp³-hybridized carbons (Fsp3) is 0.125. The van der Waals surface area contributed by atoms with E-state index in [1.165, 1.54) is 23.6 Å². The van der Waals surface area contributed by atoms with Crippen LogP contribution in [0.15, 0.2) is 81.9 Å². The monoisotopic (exact) mass is 529 g/mol. The molecule has 0 fully saturated rings. The molecular weight excluding hydrogens is 510 g/mol. The normalized spacial score (nSPS) is 12.3. The standard InChI is InChI=1S/C24H20ClN3O5S2/c1-15(23(30)27-35(32,33)22-12-17-5-8-18(25)13-20(17)34-22)14-26-24(31)16-6-9-19(10-7-16)28-11-3-2-4-21(28)29/h2-13,15H,14H2,1H3,(H,26,31)(H,27,30). The van der Waals surface area contributed by atoms with Crippen molar-refractivity contribution in [3.8, 4) is 5.69 Å². The van der Waals surface area contributed by atoms with Gasteiger partial charge in [0, 0.05) is 39.8 Å². The van der Waals surface area contributed by atoms with E-state index in [-0.39, 0.29) is 16.3 Å². The first kappa shape index (κ1) is 24.6. The fourth-order valence-corrected chi connectivity index (χ4v) is 6.00. The second kappa shape index (κ2) is 10.0. The quantitative estimate of drug-likeness (QED) is 0.380. The Morgan fingerprint density at radius 3 is 2.51 bits per heavy atom. The number of amides is 2. The number of aromatic nitrogens is 1. The maximum Gasteiger partial charge on any atom is 0.273 e. The Labute approximate surface area is 210 Å². The Balaban J connectivity index is 1.36. The predicted octanol–water partition coefficient (Wildman–Crippen LogP) is 3.58. The van der Waals surface area contributed by atoms with Gasteiger partial charge in [0.05, 0.1) is 5.92 Å². The Morgan fingerprint density at radius 1 is 1.06 bits per heavy atom. The highest BCUT2D eigenvalue weighted by atomic mass is 35.5. The van der Waals surface area contributed by atoms with Gasteiger partial charge in [-0.3, -0.25) is 19.0 Å². The summed E-state index contributed by atoms with van der Waals surface area (Å²) in [6, 6.07) is 17.7. The van der Waals surface area contributed by atoms with Gasteiger partial charge in [0.15, 0.2) is 0 Å². The molecule has 0 spiro atoms. The van der Waals surface area contributed by atoms with Crippen LogP contribution in [0.5, 0.6) is 0 Å². The van der Waals surface area contributed by atoms with Crippen molar-refractivity contribution in [1.29, 1.82) is 0 Å². The van der Waals surface area contributed by atoms with Gasteiger partial charge >= 0.3 is 0 Å². The number of thiophene rings is 1. The molecule has 1 unspecified atom stereocenters. The van der Waals surface area contributed by atoms with Gasteiger partial charge in [0.1, 0.15) is 4.21 Å². The highest BCUT2D eigenvalue weighted by molar-refractivity contribution is 7.92. The van der Waals surface area contributed by atoms with Gasteiger partial charge < -0.3 is 5.32 Å². The number of hydrogen-bond acceptors (Lipinski definition) is 6. The number of nitrogens with one attached hydrogen (secondary N) is 2. The number of sulfonamides is 1. The van der Waals surface area contributed by atoms with Crippen LogP contribution in [-0.4, -0.2) is 31.3 Å². The van der Waals surface area contributed by atoms with Crippen LogP contribution in [0.25, 0.3) is 15.8 Å². The highest BCUT2D eigenvalue weighted by Gasteiger charge is 2.24. The molecule has 0 aliphatic rings. The Kier molecular flexibility index (Phi) is 7.06. The first-order chi connectivity index (χ1) is 16.6. The molecule has 0 aliphatic heterocycles. The maximum absolute atomic E-state index is 12.7. The molecule has 2 amide bonds. The number of rotatable bonds is 7. The molecule has 2 aromatic carbocycles. The minimum atomic E-state index is -4.07. The Bertz CT molecular complexity index is 1580. The third-order valence-corrected chi connectivity index (χ3v) is 8.36. The van der Waals surface area contributed by atoms with Crippen LogP contribution in [0.3, 0.4) is 0 Å². The molecule has 0 saturated carbocycles. The highest BCUT2D eigenvalue weighted by Crippen LogP contribution is 2.31. The van der Waals surface area contributed by atoms with Gasteiger partial charge in [-0.15, -0.1) is 11.3 Å². The maximum atomic E-state index is 12.7. The number of carbonyl (C=O) groups excluding carboxylic acids is 2. The molecule has 1 atom stereocenters. The molecule has 0 bridgehead atoms. The van der Waals surface area contributed by atoms with Crippen molar-refractivity contribution in [3.05, 3.63) is 93.9 Å². The van der Waals surface area contributed by atoms with Crippen LogP contribution in [-0.2, 0) is 14.8 Å². The summed E-state index contributed by atoms with van der Waals surface area (Å²) in [5.41, 5.74) is 0.745. The van der Waals surface area contributed by atoms with Gasteiger partial charge in [-0.2, -0.15) is 0 Å². The number of halogens is 1. The number of fused-ring (bicyclic) bond motifs is 1. The first-order valence-corrected chi connectivity index (χ1v) is 13.1. The van der Waals surface area contributed by atoms with Crippen molar-refractivity contribution < 1.29 is 18.0 Å². The second-order valence-corrected chi connectivity index (χ2v) is 11.2. The summed E-state index contributed by atoms with van der Waals surface area (Å²) >= 11 is 6.96. The summed E-state index contributed by atoms with van der Waals surface area (Å²) < 4.78 is 29.5. The lowest BCUT2D eigenvalue weighted by atomic mass is 10.1. The van der Waals surface area contributed by atoms with Crippen LogP contribution in [0, 0.1) is 5.92 Å². The molecule has 2 aromatic heterocycles. The van der Waals surface area contributed by atoms with Crippen molar-refractivity contribution in [3.63, 3.8) is 0 Å². The minimum Gasteiger partial charge on any atom is -0.351 e. The van der Waals surface area contributed by atoms with E-state index in [2.05, 4.69) is 10.0 Å². The van der Waals surface area contributed by atoms with E-state index in [0.29, 0.717) is 26.4 Å². The number of pyridine rings is 1. The molecule has 2 N–H and O–H groups in total. The van der Waals surface area contributed by atoms with Gasteiger partial charge in [0.25, 0.3) is 21.5 Å². The van der Waals surface area contributed by atoms with E-state index in [9.17, 15) is 22.8 Å².